The summed E-state index contributed by atoms with van der Waals surface area (Å²) in [7, 11) is 1.30. The standard InChI is InChI=1S/C12H13N3O4S/c1-18-11(16)9(6-7-20-15-17)14-12-13-8-4-2-3-5-10(8)19-12/h2-5,9H,6-7H2,1H3,(H,13,14)/t9-/m0/s1. The molecule has 0 aliphatic rings. The molecule has 0 spiro atoms. The van der Waals surface area contributed by atoms with E-state index in [0.29, 0.717) is 23.3 Å². The fraction of sp³-hybridized carbons (Fsp3) is 0.333. The Morgan fingerprint density at radius 1 is 1.55 bits per heavy atom. The lowest BCUT2D eigenvalue weighted by Gasteiger charge is -2.13. The van der Waals surface area contributed by atoms with Gasteiger partial charge in [0, 0.05) is 22.3 Å². The van der Waals surface area contributed by atoms with E-state index in [2.05, 4.69) is 14.9 Å². The Hall–Kier alpha value is -2.09. The Kier molecular flexibility index (Phi) is 4.94. The van der Waals surface area contributed by atoms with Crippen molar-refractivity contribution in [3.05, 3.63) is 29.2 Å². The minimum Gasteiger partial charge on any atom is -0.467 e. The van der Waals surface area contributed by atoms with Crippen LogP contribution in [0.3, 0.4) is 0 Å². The Labute approximate surface area is 119 Å². The maximum absolute atomic E-state index is 11.7. The predicted octanol–water partition coefficient (Wildman–Crippen LogP) is 2.59. The number of hydrogen-bond donors (Lipinski definition) is 1. The first-order valence-corrected chi connectivity index (χ1v) is 6.83. The molecule has 0 bridgehead atoms. The van der Waals surface area contributed by atoms with Crippen LogP contribution in [0.15, 0.2) is 33.3 Å². The van der Waals surface area contributed by atoms with Crippen molar-refractivity contribution in [3.63, 3.8) is 0 Å². The third-order valence-electron chi connectivity index (χ3n) is 2.63. The van der Waals surface area contributed by atoms with Crippen molar-refractivity contribution in [2.75, 3.05) is 18.2 Å². The van der Waals surface area contributed by atoms with E-state index < -0.39 is 12.0 Å². The van der Waals surface area contributed by atoms with Gasteiger partial charge in [0.2, 0.25) is 0 Å². The van der Waals surface area contributed by atoms with Crippen LogP contribution >= 0.6 is 11.9 Å². The van der Waals surface area contributed by atoms with Crippen molar-refractivity contribution in [2.45, 2.75) is 12.5 Å². The van der Waals surface area contributed by atoms with Crippen LogP contribution in [0.1, 0.15) is 6.42 Å². The first-order valence-electron chi connectivity index (χ1n) is 5.89. The molecule has 20 heavy (non-hydrogen) atoms. The van der Waals surface area contributed by atoms with Crippen molar-refractivity contribution in [3.8, 4) is 0 Å². The van der Waals surface area contributed by atoms with E-state index in [9.17, 15) is 9.70 Å². The molecule has 1 aromatic heterocycles. The fourth-order valence-electron chi connectivity index (χ4n) is 1.68. The summed E-state index contributed by atoms with van der Waals surface area (Å²) in [6.07, 6.45) is 0.377. The molecule has 1 aromatic carbocycles. The highest BCUT2D eigenvalue weighted by Crippen LogP contribution is 2.20. The van der Waals surface area contributed by atoms with Gasteiger partial charge in [0.05, 0.1) is 7.11 Å². The number of ether oxygens (including phenoxy) is 1. The molecule has 0 radical (unpaired) electrons. The third kappa shape index (κ3) is 3.47. The summed E-state index contributed by atoms with van der Waals surface area (Å²) < 4.78 is 12.9. The molecule has 2 aromatic rings. The smallest absolute Gasteiger partial charge is 0.328 e. The lowest BCUT2D eigenvalue weighted by molar-refractivity contribution is -0.141. The van der Waals surface area contributed by atoms with Crippen molar-refractivity contribution in [1.82, 2.24) is 4.98 Å². The zero-order valence-electron chi connectivity index (χ0n) is 10.7. The number of carbonyl (C=O) groups excluding carboxylic acids is 1. The molecule has 1 heterocycles. The zero-order valence-corrected chi connectivity index (χ0v) is 11.6. The zero-order chi connectivity index (χ0) is 14.4. The molecule has 7 nitrogen and oxygen atoms in total. The van der Waals surface area contributed by atoms with Crippen molar-refractivity contribution in [1.29, 1.82) is 0 Å². The van der Waals surface area contributed by atoms with Crippen LogP contribution in [-0.4, -0.2) is 29.9 Å². The highest BCUT2D eigenvalue weighted by atomic mass is 32.2. The van der Waals surface area contributed by atoms with Gasteiger partial charge in [-0.25, -0.2) is 4.79 Å². The van der Waals surface area contributed by atoms with Gasteiger partial charge in [0.1, 0.15) is 11.6 Å². The number of para-hydroxylation sites is 2. The minimum atomic E-state index is -0.637. The number of esters is 1. The molecule has 106 valence electrons. The van der Waals surface area contributed by atoms with Crippen LogP contribution < -0.4 is 5.32 Å². The van der Waals surface area contributed by atoms with Crippen LogP contribution in [0.5, 0.6) is 0 Å². The van der Waals surface area contributed by atoms with E-state index in [1.54, 1.807) is 6.07 Å². The minimum absolute atomic E-state index is 0.241. The molecule has 8 heteroatoms. The van der Waals surface area contributed by atoms with Crippen LogP contribution in [-0.2, 0) is 9.53 Å². The van der Waals surface area contributed by atoms with Gasteiger partial charge in [-0.3, -0.25) is 0 Å². The Morgan fingerprint density at radius 2 is 2.35 bits per heavy atom. The first-order chi connectivity index (χ1) is 9.74. The molecule has 0 saturated carbocycles. The number of rotatable bonds is 7. The summed E-state index contributed by atoms with van der Waals surface area (Å²) in [6, 6.07) is 6.88. The topological polar surface area (TPSA) is 93.8 Å². The number of carbonyl (C=O) groups is 1. The summed E-state index contributed by atoms with van der Waals surface area (Å²) in [4.78, 5) is 25.9. The van der Waals surface area contributed by atoms with Gasteiger partial charge in [-0.05, 0) is 18.6 Å². The fourth-order valence-corrected chi connectivity index (χ4v) is 2.10. The molecule has 0 aliphatic heterocycles. The monoisotopic (exact) mass is 295 g/mol. The summed E-state index contributed by atoms with van der Waals surface area (Å²) >= 11 is 0.851. The number of fused-ring (bicyclic) bond motifs is 1. The normalized spacial score (nSPS) is 12.1. The molecule has 0 aliphatic carbocycles. The summed E-state index contributed by atoms with van der Waals surface area (Å²) in [5, 5.41) is 2.87. The van der Waals surface area contributed by atoms with Gasteiger partial charge in [0.15, 0.2) is 5.58 Å². The average Bonchev–Trinajstić information content (AvgIpc) is 2.88. The number of nitrogens with one attached hydrogen (secondary N) is 1. The average molecular weight is 295 g/mol. The number of oxazole rings is 1. The molecular formula is C12H13N3O4S. The summed E-state index contributed by atoms with van der Waals surface area (Å²) in [5.74, 6) is -0.0463. The van der Waals surface area contributed by atoms with Crippen LogP contribution in [0, 0.1) is 4.91 Å². The molecule has 0 fully saturated rings. The highest BCUT2D eigenvalue weighted by molar-refractivity contribution is 7.97. The van der Waals surface area contributed by atoms with E-state index in [1.165, 1.54) is 7.11 Å². The number of methoxy groups -OCH3 is 1. The number of anilines is 1. The first kappa shape index (κ1) is 14.3. The molecule has 0 saturated heterocycles. The van der Waals surface area contributed by atoms with Crippen molar-refractivity contribution in [2.24, 2.45) is 4.58 Å². The largest absolute Gasteiger partial charge is 0.467 e. The lowest BCUT2D eigenvalue weighted by atomic mass is 10.2. The van der Waals surface area contributed by atoms with Gasteiger partial charge >= 0.3 is 5.97 Å². The molecule has 2 rings (SSSR count). The second kappa shape index (κ2) is 6.90. The number of aromatic nitrogens is 1. The third-order valence-corrected chi connectivity index (χ3v) is 3.15. The van der Waals surface area contributed by atoms with E-state index in [0.717, 1.165) is 11.9 Å². The lowest BCUT2D eigenvalue weighted by Crippen LogP contribution is -2.31. The van der Waals surface area contributed by atoms with E-state index in [-0.39, 0.29) is 6.01 Å². The van der Waals surface area contributed by atoms with Gasteiger partial charge in [0.25, 0.3) is 6.01 Å². The second-order valence-corrected chi connectivity index (χ2v) is 4.72. The molecule has 1 N–H and O–H groups in total. The Morgan fingerprint density at radius 3 is 3.05 bits per heavy atom. The Balaban J connectivity index is 2.09. The van der Waals surface area contributed by atoms with E-state index in [4.69, 9.17) is 9.15 Å². The number of hydrogen-bond acceptors (Lipinski definition) is 8. The maximum Gasteiger partial charge on any atom is 0.328 e. The molecule has 0 amide bonds. The van der Waals surface area contributed by atoms with Crippen LogP contribution in [0.25, 0.3) is 11.1 Å². The van der Waals surface area contributed by atoms with Gasteiger partial charge in [-0.1, -0.05) is 12.1 Å². The van der Waals surface area contributed by atoms with E-state index >= 15 is 0 Å². The summed E-state index contributed by atoms with van der Waals surface area (Å²) in [6.45, 7) is 0. The van der Waals surface area contributed by atoms with Gasteiger partial charge < -0.3 is 14.5 Å². The molecular weight excluding hydrogens is 282 g/mol. The SMILES string of the molecule is COC(=O)[C@H](CCSN=O)Nc1nc2ccccc2o1. The molecule has 0 unspecified atom stereocenters. The van der Waals surface area contributed by atoms with Crippen LogP contribution in [0.2, 0.25) is 0 Å². The van der Waals surface area contributed by atoms with Crippen molar-refractivity contribution < 1.29 is 13.9 Å². The maximum atomic E-state index is 11.7. The molecule has 1 atom stereocenters. The predicted molar refractivity (Wildman–Crippen MR) is 76.3 cm³/mol. The van der Waals surface area contributed by atoms with Gasteiger partial charge in [-0.2, -0.15) is 4.98 Å². The number of nitrogens with zero attached hydrogens (tertiary/aromatic N) is 2. The van der Waals surface area contributed by atoms with Crippen LogP contribution in [0.4, 0.5) is 6.01 Å². The van der Waals surface area contributed by atoms with Crippen molar-refractivity contribution >= 4 is 35.0 Å². The second-order valence-electron chi connectivity index (χ2n) is 3.90. The quantitative estimate of drug-likeness (QED) is 0.363. The number of nitroso groups, excluding NO2 is 1. The number of benzene rings is 1. The van der Waals surface area contributed by atoms with Gasteiger partial charge in [-0.15, -0.1) is 4.91 Å². The summed E-state index contributed by atoms with van der Waals surface area (Å²) in [5.41, 5.74) is 1.32. The Bertz CT molecular complexity index is 568. The highest BCUT2D eigenvalue weighted by Gasteiger charge is 2.21. The van der Waals surface area contributed by atoms with E-state index in [1.807, 2.05) is 18.2 Å².